The summed E-state index contributed by atoms with van der Waals surface area (Å²) in [5.74, 6) is 0.349. The van der Waals surface area contributed by atoms with Crippen molar-refractivity contribution in [3.63, 3.8) is 0 Å². The van der Waals surface area contributed by atoms with Crippen molar-refractivity contribution in [2.45, 2.75) is 19.1 Å². The second-order valence-electron chi connectivity index (χ2n) is 4.22. The molecule has 0 fully saturated rings. The largest absolute Gasteiger partial charge is 0.418 e. The summed E-state index contributed by atoms with van der Waals surface area (Å²) in [6, 6.07) is 1.95. The predicted molar refractivity (Wildman–Crippen MR) is 66.5 cm³/mol. The quantitative estimate of drug-likeness (QED) is 0.668. The van der Waals surface area contributed by atoms with Gasteiger partial charge in [-0.05, 0) is 13.0 Å². The van der Waals surface area contributed by atoms with Gasteiger partial charge >= 0.3 is 6.18 Å². The second-order valence-corrected chi connectivity index (χ2v) is 4.22. The normalized spacial score (nSPS) is 13.0. The molecular weight excluding hydrogens is 291 g/mol. The first kappa shape index (κ1) is 14.8. The number of nitrogens with zero attached hydrogens (tertiary/aromatic N) is 3. The van der Waals surface area contributed by atoms with Gasteiger partial charge in [-0.2, -0.15) is 18.3 Å². The average molecular weight is 301 g/mol. The molecule has 0 spiro atoms. The SMILES string of the molecule is CC(Nc1ccc([N+](=O)[O-])cc1C(F)(F)F)c1ncn[nH]1. The van der Waals surface area contributed by atoms with Crippen LogP contribution in [-0.4, -0.2) is 20.1 Å². The number of nitrogens with one attached hydrogen (secondary N) is 2. The van der Waals surface area contributed by atoms with Gasteiger partial charge in [-0.25, -0.2) is 4.98 Å². The Morgan fingerprint density at radius 1 is 1.43 bits per heavy atom. The van der Waals surface area contributed by atoms with Gasteiger partial charge in [-0.1, -0.05) is 0 Å². The topological polar surface area (TPSA) is 96.7 Å². The summed E-state index contributed by atoms with van der Waals surface area (Å²) in [6.07, 6.45) is -3.48. The number of aromatic nitrogens is 3. The van der Waals surface area contributed by atoms with Gasteiger partial charge < -0.3 is 5.32 Å². The average Bonchev–Trinajstić information content (AvgIpc) is 2.91. The van der Waals surface area contributed by atoms with E-state index in [0.29, 0.717) is 11.9 Å². The highest BCUT2D eigenvalue weighted by Crippen LogP contribution is 2.38. The molecule has 1 atom stereocenters. The number of aromatic amines is 1. The second kappa shape index (κ2) is 5.38. The van der Waals surface area contributed by atoms with Crippen molar-refractivity contribution in [3.05, 3.63) is 46.0 Å². The fourth-order valence-corrected chi connectivity index (χ4v) is 1.73. The predicted octanol–water partition coefficient (Wildman–Crippen LogP) is 2.90. The highest BCUT2D eigenvalue weighted by Gasteiger charge is 2.35. The highest BCUT2D eigenvalue weighted by molar-refractivity contribution is 5.58. The number of non-ortho nitro benzene ring substituents is 1. The van der Waals surface area contributed by atoms with Gasteiger partial charge in [0, 0.05) is 17.8 Å². The number of rotatable bonds is 4. The van der Waals surface area contributed by atoms with E-state index in [4.69, 9.17) is 0 Å². The van der Waals surface area contributed by atoms with Crippen LogP contribution in [0.25, 0.3) is 0 Å². The number of nitro benzene ring substituents is 1. The van der Waals surface area contributed by atoms with E-state index in [1.54, 1.807) is 6.92 Å². The molecule has 2 N–H and O–H groups in total. The van der Waals surface area contributed by atoms with E-state index in [1.165, 1.54) is 6.33 Å². The number of hydrogen-bond acceptors (Lipinski definition) is 5. The zero-order valence-electron chi connectivity index (χ0n) is 10.7. The maximum atomic E-state index is 13.0. The third-order valence-corrected chi connectivity index (χ3v) is 2.74. The Hall–Kier alpha value is -2.65. The van der Waals surface area contributed by atoms with Gasteiger partial charge in [0.2, 0.25) is 0 Å². The smallest absolute Gasteiger partial charge is 0.375 e. The number of benzene rings is 1. The lowest BCUT2D eigenvalue weighted by molar-refractivity contribution is -0.385. The van der Waals surface area contributed by atoms with Gasteiger partial charge in [0.25, 0.3) is 5.69 Å². The summed E-state index contributed by atoms with van der Waals surface area (Å²) >= 11 is 0. The van der Waals surface area contributed by atoms with E-state index < -0.39 is 28.4 Å². The Morgan fingerprint density at radius 3 is 2.67 bits per heavy atom. The molecule has 1 unspecified atom stereocenters. The molecule has 7 nitrogen and oxygen atoms in total. The van der Waals surface area contributed by atoms with E-state index in [0.717, 1.165) is 12.1 Å². The summed E-state index contributed by atoms with van der Waals surface area (Å²) in [7, 11) is 0. The monoisotopic (exact) mass is 301 g/mol. The molecule has 0 saturated heterocycles. The van der Waals surface area contributed by atoms with Crippen LogP contribution in [0.1, 0.15) is 24.4 Å². The van der Waals surface area contributed by atoms with Crippen molar-refractivity contribution < 1.29 is 18.1 Å². The molecule has 21 heavy (non-hydrogen) atoms. The molecule has 0 saturated carbocycles. The van der Waals surface area contributed by atoms with Gasteiger partial charge in [-0.3, -0.25) is 15.2 Å². The van der Waals surface area contributed by atoms with Crippen LogP contribution in [0.2, 0.25) is 0 Å². The number of H-pyrrole nitrogens is 1. The molecule has 0 aliphatic rings. The summed E-state index contributed by atoms with van der Waals surface area (Å²) in [6.45, 7) is 1.59. The lowest BCUT2D eigenvalue weighted by Gasteiger charge is -2.17. The Morgan fingerprint density at radius 2 is 2.14 bits per heavy atom. The molecule has 0 radical (unpaired) electrons. The van der Waals surface area contributed by atoms with E-state index in [2.05, 4.69) is 20.5 Å². The molecule has 0 aliphatic carbocycles. The van der Waals surface area contributed by atoms with Crippen LogP contribution in [0, 0.1) is 10.1 Å². The minimum Gasteiger partial charge on any atom is -0.375 e. The van der Waals surface area contributed by atoms with E-state index >= 15 is 0 Å². The van der Waals surface area contributed by atoms with Crippen LogP contribution >= 0.6 is 0 Å². The lowest BCUT2D eigenvalue weighted by Crippen LogP contribution is -2.14. The number of anilines is 1. The van der Waals surface area contributed by atoms with Crippen molar-refractivity contribution >= 4 is 11.4 Å². The number of nitro groups is 1. The zero-order chi connectivity index (χ0) is 15.6. The lowest BCUT2D eigenvalue weighted by atomic mass is 10.1. The molecule has 2 aromatic rings. The van der Waals surface area contributed by atoms with Crippen LogP contribution in [-0.2, 0) is 6.18 Å². The van der Waals surface area contributed by atoms with Crippen LogP contribution in [0.3, 0.4) is 0 Å². The molecule has 1 heterocycles. The maximum Gasteiger partial charge on any atom is 0.418 e. The van der Waals surface area contributed by atoms with Crippen LogP contribution in [0.4, 0.5) is 24.5 Å². The van der Waals surface area contributed by atoms with E-state index in [-0.39, 0.29) is 5.69 Å². The number of alkyl halides is 3. The first-order valence-corrected chi connectivity index (χ1v) is 5.76. The first-order chi connectivity index (χ1) is 9.79. The zero-order valence-corrected chi connectivity index (χ0v) is 10.7. The van der Waals surface area contributed by atoms with Crippen LogP contribution in [0.5, 0.6) is 0 Å². The Labute approximate surface area is 116 Å². The third kappa shape index (κ3) is 3.27. The number of hydrogen-bond donors (Lipinski definition) is 2. The van der Waals surface area contributed by atoms with Crippen molar-refractivity contribution in [2.24, 2.45) is 0 Å². The summed E-state index contributed by atoms with van der Waals surface area (Å²) in [5.41, 5.74) is -2.00. The van der Waals surface area contributed by atoms with Crippen LogP contribution < -0.4 is 5.32 Å². The third-order valence-electron chi connectivity index (χ3n) is 2.74. The molecule has 0 bridgehead atoms. The van der Waals surface area contributed by atoms with Crippen molar-refractivity contribution in [2.75, 3.05) is 5.32 Å². The molecule has 0 aliphatic heterocycles. The van der Waals surface area contributed by atoms with Crippen LogP contribution in [0.15, 0.2) is 24.5 Å². The maximum absolute atomic E-state index is 13.0. The van der Waals surface area contributed by atoms with E-state index in [1.807, 2.05) is 0 Å². The molecule has 0 amide bonds. The highest BCUT2D eigenvalue weighted by atomic mass is 19.4. The minimum absolute atomic E-state index is 0.267. The molecule has 10 heteroatoms. The fraction of sp³-hybridized carbons (Fsp3) is 0.273. The standard InChI is InChI=1S/C11H10F3N5O2/c1-6(10-15-5-16-18-10)17-9-3-2-7(19(20)21)4-8(9)11(12,13)14/h2-6,17H,1H3,(H,15,16,18). The fourth-order valence-electron chi connectivity index (χ4n) is 1.73. The molecule has 112 valence electrons. The van der Waals surface area contributed by atoms with Crippen molar-refractivity contribution in [1.29, 1.82) is 0 Å². The molecule has 1 aromatic carbocycles. The van der Waals surface area contributed by atoms with Crippen molar-refractivity contribution in [3.8, 4) is 0 Å². The summed E-state index contributed by atoms with van der Waals surface area (Å²) in [4.78, 5) is 13.6. The van der Waals surface area contributed by atoms with Gasteiger partial charge in [0.05, 0.1) is 16.5 Å². The van der Waals surface area contributed by atoms with Gasteiger partial charge in [0.1, 0.15) is 12.2 Å². The van der Waals surface area contributed by atoms with Crippen molar-refractivity contribution in [1.82, 2.24) is 15.2 Å². The Balaban J connectivity index is 2.36. The van der Waals surface area contributed by atoms with E-state index in [9.17, 15) is 23.3 Å². The summed E-state index contributed by atoms with van der Waals surface area (Å²) in [5, 5.41) is 19.3. The van der Waals surface area contributed by atoms with Gasteiger partial charge in [0.15, 0.2) is 0 Å². The Kier molecular flexibility index (Phi) is 3.78. The molecule has 2 rings (SSSR count). The minimum atomic E-state index is -4.71. The Bertz CT molecular complexity index is 642. The number of halogens is 3. The first-order valence-electron chi connectivity index (χ1n) is 5.76. The van der Waals surface area contributed by atoms with Gasteiger partial charge in [-0.15, -0.1) is 0 Å². The molecule has 1 aromatic heterocycles. The molecular formula is C11H10F3N5O2. The summed E-state index contributed by atoms with van der Waals surface area (Å²) < 4.78 is 39.0.